The quantitative estimate of drug-likeness (QED) is 0.826. The molecule has 1 heterocycles. The Morgan fingerprint density at radius 2 is 2.00 bits per heavy atom. The van der Waals surface area contributed by atoms with Gasteiger partial charge in [-0.05, 0) is 37.6 Å². The molecule has 0 unspecified atom stereocenters. The molecule has 4 heteroatoms. The summed E-state index contributed by atoms with van der Waals surface area (Å²) in [4.78, 5) is 24.0. The maximum absolute atomic E-state index is 11.6. The molecule has 0 radical (unpaired) electrons. The summed E-state index contributed by atoms with van der Waals surface area (Å²) in [5, 5.41) is 8.76. The number of carboxylic acids is 1. The van der Waals surface area contributed by atoms with Crippen LogP contribution in [-0.4, -0.2) is 23.0 Å². The van der Waals surface area contributed by atoms with Crippen LogP contribution in [0.25, 0.3) is 0 Å². The van der Waals surface area contributed by atoms with Crippen molar-refractivity contribution in [3.63, 3.8) is 0 Å². The summed E-state index contributed by atoms with van der Waals surface area (Å²) in [5.74, 6) is -0.845. The van der Waals surface area contributed by atoms with Gasteiger partial charge in [-0.3, -0.25) is 4.79 Å². The minimum absolute atomic E-state index is 0.107. The van der Waals surface area contributed by atoms with Crippen LogP contribution in [0.15, 0.2) is 24.3 Å². The molecular formula is C12H13NO3. The molecule has 0 spiro atoms. The van der Waals surface area contributed by atoms with E-state index >= 15 is 0 Å². The van der Waals surface area contributed by atoms with E-state index in [1.807, 2.05) is 6.92 Å². The van der Waals surface area contributed by atoms with E-state index in [-0.39, 0.29) is 17.5 Å². The summed E-state index contributed by atoms with van der Waals surface area (Å²) in [5.41, 5.74) is 1.02. The molecule has 4 nitrogen and oxygen atoms in total. The lowest BCUT2D eigenvalue weighted by Crippen LogP contribution is -2.30. The lowest BCUT2D eigenvalue weighted by molar-refractivity contribution is -0.117. The number of hydrogen-bond donors (Lipinski definition) is 1. The predicted octanol–water partition coefficient (Wildman–Crippen LogP) is 1.90. The van der Waals surface area contributed by atoms with Gasteiger partial charge in [0.15, 0.2) is 0 Å². The van der Waals surface area contributed by atoms with Crippen molar-refractivity contribution < 1.29 is 14.7 Å². The average Bonchev–Trinajstić information content (AvgIpc) is 2.59. The van der Waals surface area contributed by atoms with Crippen LogP contribution in [-0.2, 0) is 4.79 Å². The Hall–Kier alpha value is -1.84. The van der Waals surface area contributed by atoms with Crippen LogP contribution in [0.5, 0.6) is 0 Å². The summed E-state index contributed by atoms with van der Waals surface area (Å²) in [6.45, 7) is 2.00. The van der Waals surface area contributed by atoms with Gasteiger partial charge < -0.3 is 10.0 Å². The number of amides is 1. The van der Waals surface area contributed by atoms with Crippen LogP contribution < -0.4 is 4.90 Å². The molecule has 1 saturated heterocycles. The lowest BCUT2D eigenvalue weighted by atomic mass is 10.2. The molecule has 1 N–H and O–H groups in total. The van der Waals surface area contributed by atoms with Gasteiger partial charge in [0.05, 0.1) is 5.56 Å². The largest absolute Gasteiger partial charge is 0.478 e. The predicted molar refractivity (Wildman–Crippen MR) is 59.6 cm³/mol. The van der Waals surface area contributed by atoms with Crippen molar-refractivity contribution in [2.24, 2.45) is 0 Å². The number of nitrogens with zero attached hydrogens (tertiary/aromatic N) is 1. The highest BCUT2D eigenvalue weighted by molar-refractivity contribution is 5.96. The molecule has 1 atom stereocenters. The molecule has 0 bridgehead atoms. The molecule has 0 saturated carbocycles. The highest BCUT2D eigenvalue weighted by Crippen LogP contribution is 2.26. The smallest absolute Gasteiger partial charge is 0.335 e. The number of anilines is 1. The van der Waals surface area contributed by atoms with E-state index < -0.39 is 5.97 Å². The van der Waals surface area contributed by atoms with Crippen LogP contribution in [0.4, 0.5) is 5.69 Å². The topological polar surface area (TPSA) is 57.6 Å². The van der Waals surface area contributed by atoms with Crippen molar-refractivity contribution in [3.05, 3.63) is 29.8 Å². The molecule has 2 rings (SSSR count). The number of hydrogen-bond acceptors (Lipinski definition) is 2. The molecule has 16 heavy (non-hydrogen) atoms. The third-order valence-electron chi connectivity index (χ3n) is 2.88. The molecule has 1 aromatic rings. The van der Waals surface area contributed by atoms with E-state index in [0.717, 1.165) is 12.1 Å². The van der Waals surface area contributed by atoms with Gasteiger partial charge in [0, 0.05) is 18.2 Å². The van der Waals surface area contributed by atoms with Crippen molar-refractivity contribution >= 4 is 17.6 Å². The first kappa shape index (κ1) is 10.7. The third kappa shape index (κ3) is 1.78. The Morgan fingerprint density at radius 3 is 2.44 bits per heavy atom. The first-order valence-electron chi connectivity index (χ1n) is 5.25. The summed E-state index contributed by atoms with van der Waals surface area (Å²) in [6, 6.07) is 6.61. The van der Waals surface area contributed by atoms with Crippen LogP contribution in [0.1, 0.15) is 30.1 Å². The van der Waals surface area contributed by atoms with E-state index in [1.165, 1.54) is 12.1 Å². The van der Waals surface area contributed by atoms with Gasteiger partial charge in [0.2, 0.25) is 5.91 Å². The molecular weight excluding hydrogens is 206 g/mol. The number of carbonyl (C=O) groups is 2. The second-order valence-corrected chi connectivity index (χ2v) is 4.00. The van der Waals surface area contributed by atoms with Gasteiger partial charge in [-0.1, -0.05) is 0 Å². The van der Waals surface area contributed by atoms with Crippen LogP contribution >= 0.6 is 0 Å². The zero-order chi connectivity index (χ0) is 11.7. The van der Waals surface area contributed by atoms with Crippen molar-refractivity contribution in [3.8, 4) is 0 Å². The fraction of sp³-hybridized carbons (Fsp3) is 0.333. The SMILES string of the molecule is C[C@@H]1CCC(=O)N1c1ccc(C(=O)O)cc1. The zero-order valence-corrected chi connectivity index (χ0v) is 9.01. The molecule has 1 aromatic carbocycles. The Balaban J connectivity index is 2.27. The fourth-order valence-corrected chi connectivity index (χ4v) is 1.99. The maximum Gasteiger partial charge on any atom is 0.335 e. The minimum Gasteiger partial charge on any atom is -0.478 e. The zero-order valence-electron chi connectivity index (χ0n) is 9.01. The standard InChI is InChI=1S/C12H13NO3/c1-8-2-7-11(14)13(8)10-5-3-9(4-6-10)12(15)16/h3-6,8H,2,7H2,1H3,(H,15,16)/t8-/m1/s1. The fourth-order valence-electron chi connectivity index (χ4n) is 1.99. The van der Waals surface area contributed by atoms with Gasteiger partial charge in [-0.2, -0.15) is 0 Å². The van der Waals surface area contributed by atoms with Gasteiger partial charge in [0.25, 0.3) is 0 Å². The van der Waals surface area contributed by atoms with E-state index in [1.54, 1.807) is 17.0 Å². The van der Waals surface area contributed by atoms with E-state index in [9.17, 15) is 9.59 Å². The summed E-state index contributed by atoms with van der Waals surface area (Å²) in [6.07, 6.45) is 1.43. The van der Waals surface area contributed by atoms with Gasteiger partial charge in [-0.25, -0.2) is 4.79 Å². The van der Waals surface area contributed by atoms with Crippen molar-refractivity contribution in [2.75, 3.05) is 4.90 Å². The number of rotatable bonds is 2. The highest BCUT2D eigenvalue weighted by atomic mass is 16.4. The molecule has 84 valence electrons. The monoisotopic (exact) mass is 219 g/mol. The van der Waals surface area contributed by atoms with Gasteiger partial charge in [0.1, 0.15) is 0 Å². The van der Waals surface area contributed by atoms with Gasteiger partial charge in [-0.15, -0.1) is 0 Å². The number of carbonyl (C=O) groups excluding carboxylic acids is 1. The molecule has 1 aliphatic rings. The second-order valence-electron chi connectivity index (χ2n) is 4.00. The molecule has 1 fully saturated rings. The van der Waals surface area contributed by atoms with E-state index in [2.05, 4.69) is 0 Å². The van der Waals surface area contributed by atoms with E-state index in [0.29, 0.717) is 6.42 Å². The second kappa shape index (κ2) is 3.96. The Kier molecular flexibility index (Phi) is 2.64. The first-order valence-corrected chi connectivity index (χ1v) is 5.25. The third-order valence-corrected chi connectivity index (χ3v) is 2.88. The molecule has 1 aliphatic heterocycles. The van der Waals surface area contributed by atoms with Crippen LogP contribution in [0, 0.1) is 0 Å². The van der Waals surface area contributed by atoms with Crippen molar-refractivity contribution in [2.45, 2.75) is 25.8 Å². The lowest BCUT2D eigenvalue weighted by Gasteiger charge is -2.21. The number of benzene rings is 1. The number of aromatic carboxylic acids is 1. The first-order chi connectivity index (χ1) is 7.59. The maximum atomic E-state index is 11.6. The highest BCUT2D eigenvalue weighted by Gasteiger charge is 2.28. The summed E-state index contributed by atoms with van der Waals surface area (Å²) >= 11 is 0. The number of carboxylic acid groups (broad SMARTS) is 1. The van der Waals surface area contributed by atoms with Crippen LogP contribution in [0.3, 0.4) is 0 Å². The van der Waals surface area contributed by atoms with Crippen molar-refractivity contribution in [1.29, 1.82) is 0 Å². The average molecular weight is 219 g/mol. The Labute approximate surface area is 93.5 Å². The Morgan fingerprint density at radius 1 is 1.38 bits per heavy atom. The molecule has 0 aliphatic carbocycles. The van der Waals surface area contributed by atoms with Gasteiger partial charge >= 0.3 is 5.97 Å². The van der Waals surface area contributed by atoms with Crippen LogP contribution in [0.2, 0.25) is 0 Å². The summed E-state index contributed by atoms with van der Waals surface area (Å²) in [7, 11) is 0. The molecule has 1 amide bonds. The molecule has 0 aromatic heterocycles. The van der Waals surface area contributed by atoms with Crippen molar-refractivity contribution in [1.82, 2.24) is 0 Å². The van der Waals surface area contributed by atoms with E-state index in [4.69, 9.17) is 5.11 Å². The minimum atomic E-state index is -0.952. The Bertz CT molecular complexity index is 424. The summed E-state index contributed by atoms with van der Waals surface area (Å²) < 4.78 is 0. The normalized spacial score (nSPS) is 20.2.